The van der Waals surface area contributed by atoms with Gasteiger partial charge in [-0.25, -0.2) is 0 Å². The Balaban J connectivity index is 1.69. The van der Waals surface area contributed by atoms with Crippen molar-refractivity contribution in [3.63, 3.8) is 0 Å². The summed E-state index contributed by atoms with van der Waals surface area (Å²) >= 11 is 6.42. The van der Waals surface area contributed by atoms with Crippen molar-refractivity contribution >= 4 is 17.4 Å². The lowest BCUT2D eigenvalue weighted by atomic mass is 9.45. The summed E-state index contributed by atoms with van der Waals surface area (Å²) in [6, 6.07) is 0. The maximum Gasteiger partial charge on any atom is 0.136 e. The third kappa shape index (κ3) is 1.98. The highest BCUT2D eigenvalue weighted by Gasteiger charge is 2.60. The number of carbonyl (C=O) groups excluding carboxylic acids is 1. The first kappa shape index (κ1) is 14.5. The van der Waals surface area contributed by atoms with Gasteiger partial charge < -0.3 is 0 Å². The predicted octanol–water partition coefficient (Wildman–Crippen LogP) is 5.21. The van der Waals surface area contributed by atoms with Crippen molar-refractivity contribution in [1.82, 2.24) is 0 Å². The van der Waals surface area contributed by atoms with E-state index >= 15 is 0 Å². The number of fused-ring (bicyclic) bond motifs is 5. The number of hydrogen-bond acceptors (Lipinski definition) is 1. The Morgan fingerprint density at radius 1 is 1.05 bits per heavy atom. The Bertz CT molecular complexity index is 460. The molecule has 1 nitrogen and oxygen atoms in total. The molecule has 0 aromatic carbocycles. The molecule has 118 valence electrons. The van der Waals surface area contributed by atoms with Crippen LogP contribution in [0.4, 0.5) is 0 Å². The van der Waals surface area contributed by atoms with Crippen LogP contribution in [0.2, 0.25) is 0 Å². The van der Waals surface area contributed by atoms with E-state index in [0.717, 1.165) is 19.3 Å². The second-order valence-electron chi connectivity index (χ2n) is 9.07. The average molecular weight is 309 g/mol. The van der Waals surface area contributed by atoms with Crippen LogP contribution >= 0.6 is 11.6 Å². The average Bonchev–Trinajstić information content (AvgIpc) is 2.82. The second kappa shape index (κ2) is 4.73. The van der Waals surface area contributed by atoms with Gasteiger partial charge in [-0.2, -0.15) is 0 Å². The molecule has 0 aromatic rings. The SMILES string of the molecule is C[C@]12CCC[C@@H]1[C@@H]1C(=O)C[C@H]3C[C@H](Cl)CC[C@]3(C)[C@H]1CC2. The second-order valence-corrected chi connectivity index (χ2v) is 9.69. The molecule has 0 N–H and O–H groups in total. The highest BCUT2D eigenvalue weighted by atomic mass is 35.5. The lowest BCUT2D eigenvalue weighted by Gasteiger charge is -2.59. The van der Waals surface area contributed by atoms with Gasteiger partial charge in [0, 0.05) is 17.7 Å². The zero-order valence-electron chi connectivity index (χ0n) is 13.5. The van der Waals surface area contributed by atoms with E-state index in [-0.39, 0.29) is 0 Å². The first-order chi connectivity index (χ1) is 9.94. The summed E-state index contributed by atoms with van der Waals surface area (Å²) in [5, 5.41) is 0.313. The van der Waals surface area contributed by atoms with E-state index < -0.39 is 0 Å². The Kier molecular flexibility index (Phi) is 3.27. The Hall–Kier alpha value is -0.0400. The van der Waals surface area contributed by atoms with Crippen molar-refractivity contribution < 1.29 is 4.79 Å². The molecule has 0 heterocycles. The van der Waals surface area contributed by atoms with Gasteiger partial charge in [-0.05, 0) is 73.5 Å². The zero-order chi connectivity index (χ0) is 14.8. The molecule has 0 bridgehead atoms. The smallest absolute Gasteiger partial charge is 0.136 e. The van der Waals surface area contributed by atoms with Crippen LogP contribution in [0.3, 0.4) is 0 Å². The van der Waals surface area contributed by atoms with Crippen LogP contribution in [0, 0.1) is 34.5 Å². The van der Waals surface area contributed by atoms with E-state index in [9.17, 15) is 4.79 Å². The maximum absolute atomic E-state index is 13.0. The summed E-state index contributed by atoms with van der Waals surface area (Å²) in [5.74, 6) is 2.90. The molecule has 0 radical (unpaired) electrons. The van der Waals surface area contributed by atoms with Gasteiger partial charge >= 0.3 is 0 Å². The fourth-order valence-corrected chi connectivity index (χ4v) is 7.19. The fourth-order valence-electron chi connectivity index (χ4n) is 6.87. The number of rotatable bonds is 0. The quantitative estimate of drug-likeness (QED) is 0.562. The molecule has 0 aliphatic heterocycles. The summed E-state index contributed by atoms with van der Waals surface area (Å²) in [5.41, 5.74) is 0.873. The van der Waals surface area contributed by atoms with Crippen LogP contribution in [-0.2, 0) is 4.79 Å². The van der Waals surface area contributed by atoms with Crippen molar-refractivity contribution in [2.24, 2.45) is 34.5 Å². The van der Waals surface area contributed by atoms with E-state index in [1.54, 1.807) is 0 Å². The fraction of sp³-hybridized carbons (Fsp3) is 0.947. The van der Waals surface area contributed by atoms with Gasteiger partial charge in [-0.1, -0.05) is 20.3 Å². The standard InChI is InChI=1S/C19H29ClO/c1-18-7-3-4-14(18)17-15(6-8-18)19(2)9-5-13(20)10-12(19)11-16(17)21/h12-15,17H,3-11H2,1-2H3/t12-,13-,14-,15+,17+,18-,19+/m1/s1. The number of hydrogen-bond donors (Lipinski definition) is 0. The number of halogens is 1. The molecule has 4 aliphatic carbocycles. The summed E-state index contributed by atoms with van der Waals surface area (Å²) in [6.45, 7) is 4.97. The molecule has 0 saturated heterocycles. The molecular weight excluding hydrogens is 280 g/mol. The predicted molar refractivity (Wildman–Crippen MR) is 86.4 cm³/mol. The molecule has 4 fully saturated rings. The normalized spacial score (nSPS) is 56.5. The van der Waals surface area contributed by atoms with Gasteiger partial charge in [0.05, 0.1) is 0 Å². The molecule has 4 saturated carbocycles. The van der Waals surface area contributed by atoms with Crippen molar-refractivity contribution in [3.8, 4) is 0 Å². The number of alkyl halides is 1. The Labute approximate surface area is 134 Å². The molecule has 0 spiro atoms. The maximum atomic E-state index is 13.0. The molecular formula is C19H29ClO. The topological polar surface area (TPSA) is 17.1 Å². The Morgan fingerprint density at radius 3 is 2.67 bits per heavy atom. The number of Topliss-reactive ketones (excluding diaryl/α,β-unsaturated/α-hetero) is 1. The van der Waals surface area contributed by atoms with Crippen LogP contribution in [0.15, 0.2) is 0 Å². The van der Waals surface area contributed by atoms with Crippen LogP contribution < -0.4 is 0 Å². The van der Waals surface area contributed by atoms with Crippen molar-refractivity contribution in [2.75, 3.05) is 0 Å². The summed E-state index contributed by atoms with van der Waals surface area (Å²) in [4.78, 5) is 13.0. The van der Waals surface area contributed by atoms with E-state index in [1.807, 2.05) is 0 Å². The lowest BCUT2D eigenvalue weighted by molar-refractivity contribution is -0.153. The first-order valence-electron chi connectivity index (χ1n) is 9.11. The third-order valence-corrected chi connectivity index (χ3v) is 8.58. The third-order valence-electron chi connectivity index (χ3n) is 8.19. The minimum atomic E-state index is 0.313. The van der Waals surface area contributed by atoms with Crippen molar-refractivity contribution in [1.29, 1.82) is 0 Å². The van der Waals surface area contributed by atoms with E-state index in [4.69, 9.17) is 11.6 Å². The molecule has 0 amide bonds. The molecule has 0 aromatic heterocycles. The van der Waals surface area contributed by atoms with Crippen LogP contribution in [0.25, 0.3) is 0 Å². The van der Waals surface area contributed by atoms with Gasteiger partial charge in [0.15, 0.2) is 0 Å². The zero-order valence-corrected chi connectivity index (χ0v) is 14.3. The molecule has 0 unspecified atom stereocenters. The molecule has 7 atom stereocenters. The monoisotopic (exact) mass is 308 g/mol. The largest absolute Gasteiger partial charge is 0.299 e. The first-order valence-corrected chi connectivity index (χ1v) is 9.54. The molecule has 21 heavy (non-hydrogen) atoms. The van der Waals surface area contributed by atoms with Crippen molar-refractivity contribution in [3.05, 3.63) is 0 Å². The van der Waals surface area contributed by atoms with Gasteiger partial charge in [0.1, 0.15) is 5.78 Å². The van der Waals surface area contributed by atoms with Crippen LogP contribution in [-0.4, -0.2) is 11.2 Å². The van der Waals surface area contributed by atoms with E-state index in [1.165, 1.54) is 38.5 Å². The molecule has 4 rings (SSSR count). The van der Waals surface area contributed by atoms with Gasteiger partial charge in [-0.15, -0.1) is 11.6 Å². The molecule has 4 aliphatic rings. The van der Waals surface area contributed by atoms with Crippen LogP contribution in [0.5, 0.6) is 0 Å². The summed E-state index contributed by atoms with van der Waals surface area (Å²) in [6.07, 6.45) is 11.0. The van der Waals surface area contributed by atoms with Gasteiger partial charge in [-0.3, -0.25) is 4.79 Å². The summed E-state index contributed by atoms with van der Waals surface area (Å²) < 4.78 is 0. The number of ketones is 1. The van der Waals surface area contributed by atoms with E-state index in [0.29, 0.717) is 45.7 Å². The van der Waals surface area contributed by atoms with Gasteiger partial charge in [0.25, 0.3) is 0 Å². The molecule has 2 heteroatoms. The minimum absolute atomic E-state index is 0.313. The highest BCUT2D eigenvalue weighted by molar-refractivity contribution is 6.20. The lowest BCUT2D eigenvalue weighted by Crippen LogP contribution is -2.56. The van der Waals surface area contributed by atoms with E-state index in [2.05, 4.69) is 13.8 Å². The van der Waals surface area contributed by atoms with Crippen molar-refractivity contribution in [2.45, 2.75) is 77.0 Å². The summed E-state index contributed by atoms with van der Waals surface area (Å²) in [7, 11) is 0. The number of carbonyl (C=O) groups is 1. The Morgan fingerprint density at radius 2 is 1.86 bits per heavy atom. The van der Waals surface area contributed by atoms with Gasteiger partial charge in [0.2, 0.25) is 0 Å². The highest BCUT2D eigenvalue weighted by Crippen LogP contribution is 2.65. The minimum Gasteiger partial charge on any atom is -0.299 e. The van der Waals surface area contributed by atoms with Crippen LogP contribution in [0.1, 0.15) is 71.6 Å².